The molecule has 5 rings (SSSR count). The maximum atomic E-state index is 13.7. The van der Waals surface area contributed by atoms with E-state index in [1.807, 2.05) is 6.07 Å². The van der Waals surface area contributed by atoms with Gasteiger partial charge in [0.2, 0.25) is 0 Å². The van der Waals surface area contributed by atoms with E-state index in [1.165, 1.54) is 18.9 Å². The Morgan fingerprint density at radius 1 is 1.24 bits per heavy atom. The third kappa shape index (κ3) is 1.97. The van der Waals surface area contributed by atoms with Crippen LogP contribution < -0.4 is 0 Å². The van der Waals surface area contributed by atoms with Gasteiger partial charge in [0.05, 0.1) is 24.4 Å². The predicted octanol–water partition coefficient (Wildman–Crippen LogP) is 4.08. The Kier molecular flexibility index (Phi) is 2.96. The van der Waals surface area contributed by atoms with Crippen molar-refractivity contribution in [3.05, 3.63) is 35.6 Å². The lowest BCUT2D eigenvalue weighted by molar-refractivity contribution is -0.280. The Morgan fingerprint density at radius 2 is 2.05 bits per heavy atom. The highest BCUT2D eigenvalue weighted by molar-refractivity contribution is 5.17. The van der Waals surface area contributed by atoms with Gasteiger partial charge in [-0.05, 0) is 50.0 Å². The largest absolute Gasteiger partial charge is 0.370 e. The number of hydrogen-bond acceptors (Lipinski definition) is 2. The van der Waals surface area contributed by atoms with Crippen LogP contribution in [0.4, 0.5) is 4.39 Å². The van der Waals surface area contributed by atoms with Gasteiger partial charge in [0, 0.05) is 5.56 Å². The maximum absolute atomic E-state index is 13.7. The van der Waals surface area contributed by atoms with E-state index in [9.17, 15) is 4.39 Å². The molecule has 5 atom stereocenters. The van der Waals surface area contributed by atoms with Gasteiger partial charge in [0.1, 0.15) is 5.82 Å². The molecule has 0 amide bonds. The molecule has 4 fully saturated rings. The molecule has 2 heterocycles. The molecule has 1 unspecified atom stereocenters. The van der Waals surface area contributed by atoms with Crippen molar-refractivity contribution in [2.24, 2.45) is 11.3 Å². The van der Waals surface area contributed by atoms with Crippen molar-refractivity contribution in [1.82, 2.24) is 0 Å². The molecular weight excluding hydrogens is 267 g/mol. The van der Waals surface area contributed by atoms with Crippen LogP contribution in [-0.2, 0) is 16.1 Å². The zero-order valence-electron chi connectivity index (χ0n) is 12.8. The number of halogens is 1. The molecule has 0 aromatic heterocycles. The topological polar surface area (TPSA) is 18.5 Å². The Hall–Kier alpha value is -0.930. The summed E-state index contributed by atoms with van der Waals surface area (Å²) in [5, 5.41) is 0. The van der Waals surface area contributed by atoms with Crippen LogP contribution in [0.25, 0.3) is 0 Å². The summed E-state index contributed by atoms with van der Waals surface area (Å²) in [6.45, 7) is 4.87. The highest BCUT2D eigenvalue weighted by Gasteiger charge is 2.63. The minimum absolute atomic E-state index is 0.0766. The van der Waals surface area contributed by atoms with E-state index in [2.05, 4.69) is 13.8 Å². The average molecular weight is 290 g/mol. The number of hydrogen-bond donors (Lipinski definition) is 0. The molecular formula is C18H23FO2. The van der Waals surface area contributed by atoms with Gasteiger partial charge in [-0.15, -0.1) is 0 Å². The third-order valence-corrected chi connectivity index (χ3v) is 6.21. The Morgan fingerprint density at radius 3 is 2.81 bits per heavy atom. The molecule has 1 aromatic carbocycles. The molecule has 0 spiro atoms. The third-order valence-electron chi connectivity index (χ3n) is 6.21. The van der Waals surface area contributed by atoms with Gasteiger partial charge >= 0.3 is 0 Å². The first-order valence-electron chi connectivity index (χ1n) is 8.04. The van der Waals surface area contributed by atoms with Gasteiger partial charge in [-0.3, -0.25) is 0 Å². The minimum Gasteiger partial charge on any atom is -0.370 e. The summed E-state index contributed by atoms with van der Waals surface area (Å²) < 4.78 is 26.2. The lowest BCUT2D eigenvalue weighted by atomic mass is 9.60. The smallest absolute Gasteiger partial charge is 0.128 e. The van der Waals surface area contributed by atoms with E-state index in [1.54, 1.807) is 12.1 Å². The molecule has 21 heavy (non-hydrogen) atoms. The van der Waals surface area contributed by atoms with Crippen molar-refractivity contribution < 1.29 is 13.9 Å². The Labute approximate surface area is 125 Å². The molecule has 2 saturated heterocycles. The van der Waals surface area contributed by atoms with Crippen LogP contribution in [0.2, 0.25) is 0 Å². The molecule has 2 nitrogen and oxygen atoms in total. The van der Waals surface area contributed by atoms with Crippen LogP contribution in [0.3, 0.4) is 0 Å². The number of rotatable bonds is 3. The summed E-state index contributed by atoms with van der Waals surface area (Å²) in [6.07, 6.45) is 5.09. The van der Waals surface area contributed by atoms with Gasteiger partial charge in [0.15, 0.2) is 0 Å². The molecule has 2 aliphatic heterocycles. The highest BCUT2D eigenvalue weighted by Crippen LogP contribution is 2.62. The molecule has 4 aliphatic rings. The van der Waals surface area contributed by atoms with Gasteiger partial charge in [0.25, 0.3) is 0 Å². The van der Waals surface area contributed by atoms with Crippen molar-refractivity contribution >= 4 is 0 Å². The first kappa shape index (κ1) is 13.7. The first-order valence-corrected chi connectivity index (χ1v) is 8.04. The summed E-state index contributed by atoms with van der Waals surface area (Å²) in [7, 11) is 0. The van der Waals surface area contributed by atoms with E-state index in [0.29, 0.717) is 18.3 Å². The van der Waals surface area contributed by atoms with Crippen molar-refractivity contribution in [3.63, 3.8) is 0 Å². The van der Waals surface area contributed by atoms with E-state index >= 15 is 0 Å². The summed E-state index contributed by atoms with van der Waals surface area (Å²) in [5.74, 6) is 0.588. The average Bonchev–Trinajstić information content (AvgIpc) is 2.65. The second-order valence-electron chi connectivity index (χ2n) is 7.50. The van der Waals surface area contributed by atoms with E-state index in [-0.39, 0.29) is 22.9 Å². The van der Waals surface area contributed by atoms with Gasteiger partial charge in [-0.1, -0.05) is 25.1 Å². The van der Waals surface area contributed by atoms with Crippen LogP contribution in [0, 0.1) is 17.2 Å². The zero-order valence-corrected chi connectivity index (χ0v) is 12.8. The predicted molar refractivity (Wildman–Crippen MR) is 78.3 cm³/mol. The molecule has 3 heteroatoms. The molecule has 1 aromatic rings. The molecule has 0 N–H and O–H groups in total. The Balaban J connectivity index is 1.51. The van der Waals surface area contributed by atoms with Crippen molar-refractivity contribution in [2.45, 2.75) is 63.9 Å². The molecule has 4 bridgehead atoms. The summed E-state index contributed by atoms with van der Waals surface area (Å²) in [4.78, 5) is 0. The van der Waals surface area contributed by atoms with Crippen LogP contribution in [0.1, 0.15) is 45.1 Å². The summed E-state index contributed by atoms with van der Waals surface area (Å²) in [5.41, 5.74) is 0.711. The lowest BCUT2D eigenvalue weighted by Crippen LogP contribution is -2.63. The fourth-order valence-corrected chi connectivity index (χ4v) is 4.83. The zero-order chi connectivity index (χ0) is 14.7. The number of benzene rings is 1. The van der Waals surface area contributed by atoms with E-state index in [0.717, 1.165) is 18.8 Å². The number of fused-ring (bicyclic) bond motifs is 1. The van der Waals surface area contributed by atoms with Crippen LogP contribution in [-0.4, -0.2) is 17.8 Å². The standard InChI is InChI=1S/C18H23FO2/c1-17-10-16(20-11-12-5-3-4-6-14(12)19)18(2)9-13(17)7-8-15(17)21-18/h3-6,13,15-16H,7-11H2,1-2H3/t13?,15-,16+,17+,18-/m1/s1. The minimum atomic E-state index is -0.186. The van der Waals surface area contributed by atoms with Crippen LogP contribution in [0.5, 0.6) is 0 Å². The fourth-order valence-electron chi connectivity index (χ4n) is 4.83. The van der Waals surface area contributed by atoms with Crippen molar-refractivity contribution in [3.8, 4) is 0 Å². The monoisotopic (exact) mass is 290 g/mol. The van der Waals surface area contributed by atoms with E-state index in [4.69, 9.17) is 9.47 Å². The summed E-state index contributed by atoms with van der Waals surface area (Å²) in [6, 6.07) is 6.86. The van der Waals surface area contributed by atoms with Gasteiger partial charge in [-0.2, -0.15) is 0 Å². The van der Waals surface area contributed by atoms with Gasteiger partial charge in [-0.25, -0.2) is 4.39 Å². The first-order chi connectivity index (χ1) is 10.0. The molecule has 0 radical (unpaired) electrons. The molecule has 2 saturated carbocycles. The van der Waals surface area contributed by atoms with E-state index < -0.39 is 0 Å². The fraction of sp³-hybridized carbons (Fsp3) is 0.667. The van der Waals surface area contributed by atoms with Crippen LogP contribution in [0.15, 0.2) is 24.3 Å². The van der Waals surface area contributed by atoms with Crippen LogP contribution >= 0.6 is 0 Å². The SMILES string of the molecule is C[C@]12CC3CC[C@@H](O1)[C@@]3(C)C[C@@H]2OCc1ccccc1F. The highest BCUT2D eigenvalue weighted by atomic mass is 19.1. The quantitative estimate of drug-likeness (QED) is 0.835. The van der Waals surface area contributed by atoms with Crippen molar-refractivity contribution in [1.29, 1.82) is 0 Å². The molecule has 114 valence electrons. The normalized spacial score (nSPS) is 44.2. The van der Waals surface area contributed by atoms with Gasteiger partial charge < -0.3 is 9.47 Å². The second-order valence-corrected chi connectivity index (χ2v) is 7.50. The van der Waals surface area contributed by atoms with Crippen molar-refractivity contribution in [2.75, 3.05) is 0 Å². The molecule has 2 aliphatic carbocycles. The summed E-state index contributed by atoms with van der Waals surface area (Å²) >= 11 is 0. The lowest BCUT2D eigenvalue weighted by Gasteiger charge is -2.58. The maximum Gasteiger partial charge on any atom is 0.128 e. The second kappa shape index (κ2) is 4.53. The Bertz CT molecular complexity index is 542. The number of ether oxygens (including phenoxy) is 2.